The molecule has 2 amide bonds. The molecule has 0 fully saturated rings. The van der Waals surface area contributed by atoms with E-state index in [1.165, 1.54) is 18.2 Å². The highest BCUT2D eigenvalue weighted by atomic mass is 32.2. The molecule has 42 heavy (non-hydrogen) atoms. The number of nitrogens with zero attached hydrogens (tertiary/aromatic N) is 1. The van der Waals surface area contributed by atoms with Crippen LogP contribution in [-0.4, -0.2) is 59.0 Å². The summed E-state index contributed by atoms with van der Waals surface area (Å²) in [5.41, 5.74) is 7.55. The molecule has 1 atom stereocenters. The molecule has 0 bridgehead atoms. The van der Waals surface area contributed by atoms with Crippen molar-refractivity contribution < 1.29 is 32.5 Å². The van der Waals surface area contributed by atoms with Gasteiger partial charge in [0.25, 0.3) is 21.9 Å². The number of amidine groups is 1. The summed E-state index contributed by atoms with van der Waals surface area (Å²) in [6.07, 6.45) is 0.715. The van der Waals surface area contributed by atoms with Crippen molar-refractivity contribution in [3.8, 4) is 11.1 Å². The van der Waals surface area contributed by atoms with E-state index in [9.17, 15) is 27.9 Å². The zero-order chi connectivity index (χ0) is 32.0. The number of amides is 2. The van der Waals surface area contributed by atoms with Crippen molar-refractivity contribution in [2.24, 2.45) is 11.1 Å². The van der Waals surface area contributed by atoms with Crippen molar-refractivity contribution in [2.45, 2.75) is 40.7 Å². The zero-order valence-corrected chi connectivity index (χ0v) is 25.0. The number of aryl methyl sites for hydroxylation is 1. The van der Waals surface area contributed by atoms with Gasteiger partial charge in [0.05, 0.1) is 11.8 Å². The maximum atomic E-state index is 13.2. The number of carboxylic acid groups (broad SMARTS) is 1. The molecule has 0 spiro atoms. The number of nitrogens with one attached hydrogen (secondary N) is 3. The summed E-state index contributed by atoms with van der Waals surface area (Å²) < 4.78 is 25.9. The van der Waals surface area contributed by atoms with E-state index in [0.29, 0.717) is 28.8 Å². The second-order valence-electron chi connectivity index (χ2n) is 10.7. The normalized spacial score (nSPS) is 11.9. The van der Waals surface area contributed by atoms with E-state index in [4.69, 9.17) is 15.7 Å². The van der Waals surface area contributed by atoms with Crippen LogP contribution in [0, 0.1) is 17.7 Å². The standard InChI is InChI=1S/C28H31N5O4.CH4O3S/c1-15-6-12-21(23(31-15)26(35)33-19-10-7-17(8-11-19)24(29)30)20-13-9-18(14-22(20)27(36)37)25(34)32-16(2)28(3,4)5;1-5(2,3)4/h6-14,16H,1-5H3,(H3,29,30)(H,32,34)(H,33,35)(H,36,37);1H3,(H,2,3,4). The lowest BCUT2D eigenvalue weighted by molar-refractivity contribution is 0.0697. The van der Waals surface area contributed by atoms with Gasteiger partial charge in [0.1, 0.15) is 11.5 Å². The first kappa shape index (κ1) is 33.6. The maximum Gasteiger partial charge on any atom is 0.336 e. The van der Waals surface area contributed by atoms with E-state index < -0.39 is 22.0 Å². The number of nitrogens with two attached hydrogens (primary N) is 1. The Labute approximate surface area is 244 Å². The predicted molar refractivity (Wildman–Crippen MR) is 161 cm³/mol. The van der Waals surface area contributed by atoms with Crippen molar-refractivity contribution in [2.75, 3.05) is 11.6 Å². The van der Waals surface area contributed by atoms with Crippen LogP contribution in [0.3, 0.4) is 0 Å². The molecule has 3 rings (SSSR count). The third kappa shape index (κ3) is 9.78. The molecule has 1 unspecified atom stereocenters. The fraction of sp³-hybridized carbons (Fsp3) is 0.276. The average molecular weight is 598 g/mol. The number of pyridine rings is 1. The number of rotatable bonds is 7. The summed E-state index contributed by atoms with van der Waals surface area (Å²) in [6.45, 7) is 9.61. The van der Waals surface area contributed by atoms with Gasteiger partial charge in [-0.2, -0.15) is 8.42 Å². The van der Waals surface area contributed by atoms with E-state index in [1.807, 2.05) is 27.7 Å². The minimum atomic E-state index is -3.67. The minimum absolute atomic E-state index is 0.0386. The van der Waals surface area contributed by atoms with E-state index in [2.05, 4.69) is 15.6 Å². The van der Waals surface area contributed by atoms with Crippen LogP contribution in [0.25, 0.3) is 11.1 Å². The molecule has 0 saturated heterocycles. The van der Waals surface area contributed by atoms with E-state index >= 15 is 0 Å². The Hall–Kier alpha value is -4.62. The van der Waals surface area contributed by atoms with Gasteiger partial charge in [-0.15, -0.1) is 0 Å². The van der Waals surface area contributed by atoms with Gasteiger partial charge in [-0.1, -0.05) is 32.9 Å². The van der Waals surface area contributed by atoms with Crippen molar-refractivity contribution in [1.29, 1.82) is 5.41 Å². The quantitative estimate of drug-likeness (QED) is 0.132. The molecule has 12 nitrogen and oxygen atoms in total. The molecule has 0 aliphatic carbocycles. The first-order valence-electron chi connectivity index (χ1n) is 12.6. The van der Waals surface area contributed by atoms with E-state index in [1.54, 1.807) is 43.3 Å². The molecule has 0 radical (unpaired) electrons. The van der Waals surface area contributed by atoms with Gasteiger partial charge in [0.15, 0.2) is 0 Å². The molecular formula is C29H35N5O7S. The minimum Gasteiger partial charge on any atom is -0.478 e. The van der Waals surface area contributed by atoms with Crippen molar-refractivity contribution in [3.05, 3.63) is 82.7 Å². The maximum absolute atomic E-state index is 13.2. The number of aromatic nitrogens is 1. The van der Waals surface area contributed by atoms with Crippen LogP contribution < -0.4 is 16.4 Å². The van der Waals surface area contributed by atoms with Gasteiger partial charge in [-0.05, 0) is 67.3 Å². The van der Waals surface area contributed by atoms with Crippen LogP contribution in [-0.2, 0) is 10.1 Å². The van der Waals surface area contributed by atoms with E-state index in [-0.39, 0.29) is 45.6 Å². The lowest BCUT2D eigenvalue weighted by atomic mass is 9.88. The first-order chi connectivity index (χ1) is 19.3. The lowest BCUT2D eigenvalue weighted by Gasteiger charge is -2.28. The Morgan fingerprint density at radius 2 is 1.48 bits per heavy atom. The summed E-state index contributed by atoms with van der Waals surface area (Å²) >= 11 is 0. The number of carboxylic acids is 1. The third-order valence-corrected chi connectivity index (χ3v) is 6.15. The summed E-state index contributed by atoms with van der Waals surface area (Å²) in [5, 5.41) is 23.1. The van der Waals surface area contributed by atoms with Gasteiger partial charge >= 0.3 is 5.97 Å². The lowest BCUT2D eigenvalue weighted by Crippen LogP contribution is -2.41. The molecular weight excluding hydrogens is 562 g/mol. The average Bonchev–Trinajstić information content (AvgIpc) is 2.87. The number of carbonyl (C=O) groups is 3. The third-order valence-electron chi connectivity index (χ3n) is 6.15. The monoisotopic (exact) mass is 597 g/mol. The van der Waals surface area contributed by atoms with Gasteiger partial charge in [0.2, 0.25) is 0 Å². The number of aromatic carboxylic acids is 1. The fourth-order valence-corrected chi connectivity index (χ4v) is 3.46. The van der Waals surface area contributed by atoms with Crippen LogP contribution in [0.5, 0.6) is 0 Å². The molecule has 1 heterocycles. The molecule has 224 valence electrons. The Kier molecular flexibility index (Phi) is 10.7. The summed E-state index contributed by atoms with van der Waals surface area (Å²) in [7, 11) is -3.67. The van der Waals surface area contributed by atoms with Crippen molar-refractivity contribution >= 4 is 39.4 Å². The molecule has 7 N–H and O–H groups in total. The highest BCUT2D eigenvalue weighted by Gasteiger charge is 2.25. The number of hydrogen-bond acceptors (Lipinski definition) is 7. The number of carbonyl (C=O) groups excluding carboxylic acids is 2. The summed E-state index contributed by atoms with van der Waals surface area (Å²) in [6, 6.07) is 14.0. The van der Waals surface area contributed by atoms with Gasteiger partial charge < -0.3 is 21.5 Å². The molecule has 1 aromatic heterocycles. The van der Waals surface area contributed by atoms with Gasteiger partial charge in [-0.3, -0.25) is 19.6 Å². The topological polar surface area (TPSA) is 213 Å². The number of nitrogen functional groups attached to an aromatic ring is 1. The van der Waals surface area contributed by atoms with Crippen molar-refractivity contribution in [3.63, 3.8) is 0 Å². The molecule has 0 aliphatic rings. The first-order valence-corrected chi connectivity index (χ1v) is 14.5. The highest BCUT2D eigenvalue weighted by molar-refractivity contribution is 7.85. The molecule has 13 heteroatoms. The van der Waals surface area contributed by atoms with Gasteiger partial charge in [-0.25, -0.2) is 9.78 Å². The van der Waals surface area contributed by atoms with Crippen LogP contribution in [0.4, 0.5) is 5.69 Å². The Morgan fingerprint density at radius 3 is 1.98 bits per heavy atom. The second-order valence-corrected chi connectivity index (χ2v) is 12.1. The van der Waals surface area contributed by atoms with Crippen LogP contribution in [0.15, 0.2) is 54.6 Å². The van der Waals surface area contributed by atoms with Crippen LogP contribution in [0.2, 0.25) is 0 Å². The molecule has 3 aromatic rings. The Balaban J connectivity index is 0.00000113. The van der Waals surface area contributed by atoms with Gasteiger partial charge in [0, 0.05) is 34.1 Å². The largest absolute Gasteiger partial charge is 0.478 e. The summed E-state index contributed by atoms with van der Waals surface area (Å²) in [5.74, 6) is -2.25. The van der Waals surface area contributed by atoms with Crippen molar-refractivity contribution in [1.82, 2.24) is 10.3 Å². The summed E-state index contributed by atoms with van der Waals surface area (Å²) in [4.78, 5) is 42.6. The van der Waals surface area contributed by atoms with Crippen LogP contribution >= 0.6 is 0 Å². The SMILES string of the molecule is CS(=O)(=O)O.Cc1ccc(-c2ccc(C(=O)NC(C)C(C)(C)C)cc2C(=O)O)c(C(=O)Nc2ccc(C(=N)N)cc2)n1. The Bertz CT molecular complexity index is 1600. The zero-order valence-electron chi connectivity index (χ0n) is 24.1. The number of hydrogen-bond donors (Lipinski definition) is 6. The van der Waals surface area contributed by atoms with E-state index in [0.717, 1.165) is 0 Å². The number of benzene rings is 2. The van der Waals surface area contributed by atoms with Crippen LogP contribution in [0.1, 0.15) is 70.2 Å². The Morgan fingerprint density at radius 1 is 0.952 bits per heavy atom. The predicted octanol–water partition coefficient (Wildman–Crippen LogP) is 3.96. The smallest absolute Gasteiger partial charge is 0.336 e. The molecule has 0 aliphatic heterocycles. The number of anilines is 1. The molecule has 0 saturated carbocycles. The molecule has 2 aromatic carbocycles. The highest BCUT2D eigenvalue weighted by Crippen LogP contribution is 2.29. The fourth-order valence-electron chi connectivity index (χ4n) is 3.46. The second kappa shape index (κ2) is 13.4.